The summed E-state index contributed by atoms with van der Waals surface area (Å²) in [6.45, 7) is 1.66. The van der Waals surface area contributed by atoms with Gasteiger partial charge >= 0.3 is 0 Å². The number of methoxy groups -OCH3 is 1. The second-order valence-electron chi connectivity index (χ2n) is 5.79. The Morgan fingerprint density at radius 1 is 1.04 bits per heavy atom. The number of hydrogen-bond donors (Lipinski definition) is 1. The number of carbonyl (C=O) groups is 1. The van der Waals surface area contributed by atoms with Crippen LogP contribution in [0.3, 0.4) is 0 Å². The SMILES string of the molecule is COc1cc(C#N)ccc1OC(C)C(=O)Nc1ccc2ccccc2c1. The summed E-state index contributed by atoms with van der Waals surface area (Å²) < 4.78 is 10.9. The molecule has 0 aromatic heterocycles. The number of amides is 1. The molecule has 0 aliphatic rings. The Morgan fingerprint density at radius 3 is 2.54 bits per heavy atom. The van der Waals surface area contributed by atoms with E-state index in [0.29, 0.717) is 22.7 Å². The molecule has 1 N–H and O–H groups in total. The second kappa shape index (κ2) is 7.58. The van der Waals surface area contributed by atoms with Crippen molar-refractivity contribution in [2.24, 2.45) is 0 Å². The van der Waals surface area contributed by atoms with Gasteiger partial charge in [0.25, 0.3) is 5.91 Å². The van der Waals surface area contributed by atoms with E-state index in [1.165, 1.54) is 7.11 Å². The van der Waals surface area contributed by atoms with Crippen LogP contribution in [0.1, 0.15) is 12.5 Å². The lowest BCUT2D eigenvalue weighted by Gasteiger charge is -2.17. The fraction of sp³-hybridized carbons (Fsp3) is 0.143. The van der Waals surface area contributed by atoms with Crippen LogP contribution in [-0.4, -0.2) is 19.1 Å². The second-order valence-corrected chi connectivity index (χ2v) is 5.79. The van der Waals surface area contributed by atoms with Crippen molar-refractivity contribution < 1.29 is 14.3 Å². The van der Waals surface area contributed by atoms with Crippen molar-refractivity contribution in [1.82, 2.24) is 0 Å². The minimum absolute atomic E-state index is 0.272. The molecule has 0 aliphatic carbocycles. The summed E-state index contributed by atoms with van der Waals surface area (Å²) in [5, 5.41) is 14.0. The van der Waals surface area contributed by atoms with Crippen LogP contribution in [-0.2, 0) is 4.79 Å². The first-order valence-corrected chi connectivity index (χ1v) is 8.15. The molecule has 0 saturated carbocycles. The smallest absolute Gasteiger partial charge is 0.265 e. The average molecular weight is 346 g/mol. The van der Waals surface area contributed by atoms with Gasteiger partial charge in [-0.05, 0) is 42.0 Å². The molecule has 0 radical (unpaired) electrons. The van der Waals surface area contributed by atoms with Crippen molar-refractivity contribution in [2.75, 3.05) is 12.4 Å². The Hall–Kier alpha value is -3.52. The van der Waals surface area contributed by atoms with Crippen molar-refractivity contribution in [2.45, 2.75) is 13.0 Å². The molecule has 0 bridgehead atoms. The largest absolute Gasteiger partial charge is 0.493 e. The van der Waals surface area contributed by atoms with Gasteiger partial charge in [-0.1, -0.05) is 30.3 Å². The van der Waals surface area contributed by atoms with E-state index >= 15 is 0 Å². The third kappa shape index (κ3) is 3.76. The highest BCUT2D eigenvalue weighted by Gasteiger charge is 2.17. The molecule has 0 aliphatic heterocycles. The Kier molecular flexibility index (Phi) is 5.04. The normalized spacial score (nSPS) is 11.4. The summed E-state index contributed by atoms with van der Waals surface area (Å²) in [5.74, 6) is 0.550. The lowest BCUT2D eigenvalue weighted by molar-refractivity contribution is -0.122. The minimum Gasteiger partial charge on any atom is -0.493 e. The highest BCUT2D eigenvalue weighted by atomic mass is 16.5. The van der Waals surface area contributed by atoms with Gasteiger partial charge in [0.2, 0.25) is 0 Å². The molecule has 0 saturated heterocycles. The van der Waals surface area contributed by atoms with E-state index < -0.39 is 6.10 Å². The first-order chi connectivity index (χ1) is 12.6. The van der Waals surface area contributed by atoms with Crippen LogP contribution in [0.5, 0.6) is 11.5 Å². The maximum atomic E-state index is 12.4. The van der Waals surface area contributed by atoms with Gasteiger partial charge in [-0.25, -0.2) is 0 Å². The Bertz CT molecular complexity index is 992. The van der Waals surface area contributed by atoms with E-state index in [9.17, 15) is 4.79 Å². The van der Waals surface area contributed by atoms with Gasteiger partial charge in [-0.2, -0.15) is 5.26 Å². The summed E-state index contributed by atoms with van der Waals surface area (Å²) in [6, 6.07) is 20.5. The van der Waals surface area contributed by atoms with Crippen LogP contribution in [0.2, 0.25) is 0 Å². The zero-order valence-corrected chi connectivity index (χ0v) is 14.5. The fourth-order valence-electron chi connectivity index (χ4n) is 2.59. The molecule has 3 rings (SSSR count). The summed E-state index contributed by atoms with van der Waals surface area (Å²) in [4.78, 5) is 12.4. The van der Waals surface area contributed by atoms with Crippen LogP contribution in [0.4, 0.5) is 5.69 Å². The lowest BCUT2D eigenvalue weighted by atomic mass is 10.1. The van der Waals surface area contributed by atoms with Gasteiger partial charge in [0, 0.05) is 11.8 Å². The minimum atomic E-state index is -0.733. The van der Waals surface area contributed by atoms with E-state index in [2.05, 4.69) is 5.32 Å². The van der Waals surface area contributed by atoms with E-state index in [4.69, 9.17) is 14.7 Å². The van der Waals surface area contributed by atoms with Gasteiger partial charge in [0.1, 0.15) is 0 Å². The third-order valence-electron chi connectivity index (χ3n) is 3.98. The van der Waals surface area contributed by atoms with Gasteiger partial charge in [0.15, 0.2) is 17.6 Å². The number of benzene rings is 3. The predicted octanol–water partition coefficient (Wildman–Crippen LogP) is 4.13. The molecule has 0 fully saturated rings. The number of nitriles is 1. The van der Waals surface area contributed by atoms with Crippen LogP contribution >= 0.6 is 0 Å². The molecular weight excluding hydrogens is 328 g/mol. The molecule has 1 atom stereocenters. The maximum absolute atomic E-state index is 12.4. The topological polar surface area (TPSA) is 71.3 Å². The summed E-state index contributed by atoms with van der Waals surface area (Å²) >= 11 is 0. The highest BCUT2D eigenvalue weighted by Crippen LogP contribution is 2.29. The van der Waals surface area contributed by atoms with Crippen molar-refractivity contribution in [1.29, 1.82) is 5.26 Å². The first-order valence-electron chi connectivity index (χ1n) is 8.15. The monoisotopic (exact) mass is 346 g/mol. The molecule has 0 heterocycles. The van der Waals surface area contributed by atoms with E-state index in [1.54, 1.807) is 25.1 Å². The standard InChI is InChI=1S/C21H18N2O3/c1-14(26-19-10-7-15(13-22)11-20(19)25-2)21(24)23-18-9-8-16-5-3-4-6-17(16)12-18/h3-12,14H,1-2H3,(H,23,24). The number of nitrogens with one attached hydrogen (secondary N) is 1. The van der Waals surface area contributed by atoms with E-state index in [0.717, 1.165) is 10.8 Å². The molecule has 1 unspecified atom stereocenters. The number of ether oxygens (including phenoxy) is 2. The van der Waals surface area contributed by atoms with E-state index in [1.807, 2.05) is 48.5 Å². The molecule has 26 heavy (non-hydrogen) atoms. The van der Waals surface area contributed by atoms with Crippen molar-refractivity contribution >= 4 is 22.4 Å². The molecule has 5 heteroatoms. The molecule has 5 nitrogen and oxygen atoms in total. The molecule has 3 aromatic carbocycles. The summed E-state index contributed by atoms with van der Waals surface area (Å²) in [6.07, 6.45) is -0.733. The number of hydrogen-bond acceptors (Lipinski definition) is 4. The van der Waals surface area contributed by atoms with Crippen molar-refractivity contribution in [3.8, 4) is 17.6 Å². The number of rotatable bonds is 5. The summed E-state index contributed by atoms with van der Waals surface area (Å²) in [7, 11) is 1.49. The number of carbonyl (C=O) groups excluding carboxylic acids is 1. The van der Waals surface area contributed by atoms with Gasteiger partial charge < -0.3 is 14.8 Å². The predicted molar refractivity (Wildman–Crippen MR) is 100 cm³/mol. The number of fused-ring (bicyclic) bond motifs is 1. The van der Waals surface area contributed by atoms with Crippen molar-refractivity contribution in [3.63, 3.8) is 0 Å². The van der Waals surface area contributed by atoms with Crippen LogP contribution in [0.15, 0.2) is 60.7 Å². The molecule has 1 amide bonds. The van der Waals surface area contributed by atoms with Crippen LogP contribution in [0, 0.1) is 11.3 Å². The first kappa shape index (κ1) is 17.3. The van der Waals surface area contributed by atoms with Gasteiger partial charge in [0.05, 0.1) is 18.7 Å². The van der Waals surface area contributed by atoms with Gasteiger partial charge in [-0.3, -0.25) is 4.79 Å². The lowest BCUT2D eigenvalue weighted by Crippen LogP contribution is -2.30. The number of anilines is 1. The Balaban J connectivity index is 1.72. The number of nitrogens with zero attached hydrogens (tertiary/aromatic N) is 1. The quantitative estimate of drug-likeness (QED) is 0.754. The zero-order valence-electron chi connectivity index (χ0n) is 14.5. The highest BCUT2D eigenvalue weighted by molar-refractivity contribution is 5.96. The maximum Gasteiger partial charge on any atom is 0.265 e. The zero-order chi connectivity index (χ0) is 18.5. The van der Waals surface area contributed by atoms with Crippen LogP contribution < -0.4 is 14.8 Å². The molecule has 0 spiro atoms. The molecule has 3 aromatic rings. The third-order valence-corrected chi connectivity index (χ3v) is 3.98. The Labute approximate surface area is 151 Å². The fourth-order valence-corrected chi connectivity index (χ4v) is 2.59. The van der Waals surface area contributed by atoms with Crippen molar-refractivity contribution in [3.05, 3.63) is 66.2 Å². The molecule has 130 valence electrons. The van der Waals surface area contributed by atoms with Gasteiger partial charge in [-0.15, -0.1) is 0 Å². The molecular formula is C21H18N2O3. The Morgan fingerprint density at radius 2 is 1.81 bits per heavy atom. The van der Waals surface area contributed by atoms with Crippen LogP contribution in [0.25, 0.3) is 10.8 Å². The summed E-state index contributed by atoms with van der Waals surface area (Å²) in [5.41, 5.74) is 1.17. The average Bonchev–Trinajstić information content (AvgIpc) is 2.68. The van der Waals surface area contributed by atoms with E-state index in [-0.39, 0.29) is 5.91 Å².